The maximum Gasteiger partial charge on any atom is 0.258 e. The molecule has 2 N–H and O–H groups in total. The summed E-state index contributed by atoms with van der Waals surface area (Å²) >= 11 is 0. The van der Waals surface area contributed by atoms with E-state index in [4.69, 9.17) is 4.84 Å². The lowest BCUT2D eigenvalue weighted by atomic mass is 10.00. The lowest BCUT2D eigenvalue weighted by Gasteiger charge is -2.12. The highest BCUT2D eigenvalue weighted by Gasteiger charge is 2.30. The minimum Gasteiger partial charge on any atom is -0.325 e. The molecule has 0 amide bonds. The van der Waals surface area contributed by atoms with Crippen molar-refractivity contribution in [1.29, 1.82) is 0 Å². The molecule has 2 heterocycles. The van der Waals surface area contributed by atoms with Crippen molar-refractivity contribution in [3.63, 3.8) is 0 Å². The zero-order valence-electron chi connectivity index (χ0n) is 19.4. The average molecular weight is 433 g/mol. The van der Waals surface area contributed by atoms with Crippen LogP contribution in [0.4, 0.5) is 5.69 Å². The molecule has 0 bridgehead atoms. The highest BCUT2D eigenvalue weighted by molar-refractivity contribution is 5.94. The standard InChI is InChI=1S/C26H32N4O2/c1-6-18-14-22(25(31)30(5)23(18)13-16(2)3)21-15-20(12-11-17(21)4)27-26-28-24(32-29-26)19-9-7-8-10-19/h6,11-15,19,24H,2,7-10H2,1,3-5H3,(H2,27,28,29)/b18-6?,23-13+. The van der Waals surface area contributed by atoms with Crippen molar-refractivity contribution in [2.45, 2.75) is 52.7 Å². The van der Waals surface area contributed by atoms with Crippen LogP contribution in [0.2, 0.25) is 0 Å². The van der Waals surface area contributed by atoms with E-state index in [2.05, 4.69) is 22.4 Å². The van der Waals surface area contributed by atoms with Crippen LogP contribution in [-0.2, 0) is 11.9 Å². The zero-order chi connectivity index (χ0) is 22.8. The van der Waals surface area contributed by atoms with Gasteiger partial charge in [0.1, 0.15) is 0 Å². The molecule has 1 aromatic heterocycles. The molecular weight excluding hydrogens is 400 g/mol. The summed E-state index contributed by atoms with van der Waals surface area (Å²) in [5, 5.41) is 5.17. The van der Waals surface area contributed by atoms with Gasteiger partial charge in [0.25, 0.3) is 5.56 Å². The van der Waals surface area contributed by atoms with Gasteiger partial charge in [-0.3, -0.25) is 4.79 Å². The molecule has 1 aromatic carbocycles. The summed E-state index contributed by atoms with van der Waals surface area (Å²) in [5.74, 6) is 1.09. The number of hydroxylamine groups is 1. The van der Waals surface area contributed by atoms with Crippen LogP contribution in [0.5, 0.6) is 0 Å². The van der Waals surface area contributed by atoms with Gasteiger partial charge in [0.2, 0.25) is 5.96 Å². The van der Waals surface area contributed by atoms with Crippen LogP contribution in [0.25, 0.3) is 23.3 Å². The van der Waals surface area contributed by atoms with Crippen LogP contribution in [0.15, 0.2) is 46.2 Å². The topological polar surface area (TPSA) is 67.7 Å². The van der Waals surface area contributed by atoms with E-state index in [-0.39, 0.29) is 11.8 Å². The van der Waals surface area contributed by atoms with E-state index >= 15 is 0 Å². The molecule has 6 nitrogen and oxygen atoms in total. The average Bonchev–Trinajstić information content (AvgIpc) is 3.45. The molecule has 6 heteroatoms. The Labute approximate surface area is 189 Å². The van der Waals surface area contributed by atoms with E-state index in [0.29, 0.717) is 17.4 Å². The lowest BCUT2D eigenvalue weighted by Crippen LogP contribution is -2.42. The third kappa shape index (κ3) is 4.41. The Balaban J connectivity index is 1.70. The Morgan fingerprint density at radius 2 is 2.03 bits per heavy atom. The van der Waals surface area contributed by atoms with Crippen molar-refractivity contribution in [1.82, 2.24) is 10.0 Å². The normalized spacial score (nSPS) is 19.9. The number of aryl methyl sites for hydroxylation is 1. The number of aliphatic imine (C=N–C) groups is 1. The molecule has 0 radical (unpaired) electrons. The fourth-order valence-corrected chi connectivity index (χ4v) is 4.54. The van der Waals surface area contributed by atoms with Gasteiger partial charge < -0.3 is 9.88 Å². The number of anilines is 1. The summed E-state index contributed by atoms with van der Waals surface area (Å²) < 4.78 is 1.70. The van der Waals surface area contributed by atoms with Crippen LogP contribution < -0.4 is 26.9 Å². The first-order valence-electron chi connectivity index (χ1n) is 11.3. The Hall–Kier alpha value is -3.12. The predicted molar refractivity (Wildman–Crippen MR) is 132 cm³/mol. The van der Waals surface area contributed by atoms with Gasteiger partial charge in [0.15, 0.2) is 6.23 Å². The second-order valence-electron chi connectivity index (χ2n) is 8.83. The molecule has 168 valence electrons. The molecule has 1 saturated carbocycles. The maximum absolute atomic E-state index is 13.3. The Morgan fingerprint density at radius 1 is 1.28 bits per heavy atom. The second-order valence-corrected chi connectivity index (χ2v) is 8.83. The van der Waals surface area contributed by atoms with Gasteiger partial charge in [0.05, 0.1) is 5.35 Å². The van der Waals surface area contributed by atoms with E-state index in [9.17, 15) is 4.79 Å². The quantitative estimate of drug-likeness (QED) is 0.778. The van der Waals surface area contributed by atoms with E-state index < -0.39 is 0 Å². The first-order valence-corrected chi connectivity index (χ1v) is 11.3. The second kappa shape index (κ2) is 9.17. The first-order chi connectivity index (χ1) is 15.4. The summed E-state index contributed by atoms with van der Waals surface area (Å²) in [4.78, 5) is 23.6. The molecule has 1 unspecified atom stereocenters. The number of guanidine groups is 1. The molecule has 0 saturated heterocycles. The zero-order valence-corrected chi connectivity index (χ0v) is 19.4. The molecule has 1 aliphatic heterocycles. The maximum atomic E-state index is 13.3. The largest absolute Gasteiger partial charge is 0.325 e. The molecule has 2 aromatic rings. The van der Waals surface area contributed by atoms with Gasteiger partial charge in [-0.05, 0) is 74.2 Å². The minimum absolute atomic E-state index is 0.0377. The minimum atomic E-state index is -0.128. The Bertz CT molecular complexity index is 1250. The number of aromatic nitrogens is 1. The van der Waals surface area contributed by atoms with E-state index in [1.165, 1.54) is 12.8 Å². The number of hydrogen-bond acceptors (Lipinski definition) is 5. The molecule has 4 rings (SSSR count). The third-order valence-corrected chi connectivity index (χ3v) is 6.31. The highest BCUT2D eigenvalue weighted by Crippen LogP contribution is 2.31. The number of pyridine rings is 1. The Morgan fingerprint density at radius 3 is 2.72 bits per heavy atom. The number of allylic oxidation sites excluding steroid dienone is 1. The van der Waals surface area contributed by atoms with Gasteiger partial charge in [-0.15, -0.1) is 0 Å². The van der Waals surface area contributed by atoms with Crippen molar-refractivity contribution < 1.29 is 4.84 Å². The molecule has 1 atom stereocenters. The fraction of sp³-hybridized carbons (Fsp3) is 0.385. The van der Waals surface area contributed by atoms with Crippen molar-refractivity contribution in [2.24, 2.45) is 18.0 Å². The van der Waals surface area contributed by atoms with Crippen molar-refractivity contribution >= 4 is 23.8 Å². The van der Waals surface area contributed by atoms with Gasteiger partial charge >= 0.3 is 0 Å². The van der Waals surface area contributed by atoms with Crippen LogP contribution in [-0.4, -0.2) is 16.8 Å². The first kappa shape index (κ1) is 22.1. The van der Waals surface area contributed by atoms with E-state index in [1.807, 2.05) is 64.2 Å². The van der Waals surface area contributed by atoms with Gasteiger partial charge in [-0.25, -0.2) is 15.3 Å². The molecule has 32 heavy (non-hydrogen) atoms. The van der Waals surface area contributed by atoms with Gasteiger partial charge in [-0.2, -0.15) is 0 Å². The predicted octanol–water partition coefficient (Wildman–Crippen LogP) is 3.34. The third-order valence-electron chi connectivity index (χ3n) is 6.31. The number of rotatable bonds is 4. The number of nitrogens with one attached hydrogen (secondary N) is 2. The monoisotopic (exact) mass is 432 g/mol. The lowest BCUT2D eigenvalue weighted by molar-refractivity contribution is 0.00284. The molecule has 1 fully saturated rings. The highest BCUT2D eigenvalue weighted by atomic mass is 16.7. The molecule has 0 spiro atoms. The summed E-state index contributed by atoms with van der Waals surface area (Å²) in [6, 6.07) is 7.98. The van der Waals surface area contributed by atoms with Crippen LogP contribution in [0, 0.1) is 12.8 Å². The van der Waals surface area contributed by atoms with E-state index in [1.54, 1.807) is 4.57 Å². The van der Waals surface area contributed by atoms with Crippen LogP contribution in [0.3, 0.4) is 0 Å². The number of nitrogens with zero attached hydrogens (tertiary/aromatic N) is 2. The van der Waals surface area contributed by atoms with Crippen LogP contribution in [0.1, 0.15) is 45.1 Å². The summed E-state index contributed by atoms with van der Waals surface area (Å²) in [5.41, 5.74) is 7.25. The molecular formula is C26H32N4O2. The van der Waals surface area contributed by atoms with E-state index in [0.717, 1.165) is 45.8 Å². The SMILES string of the molecule is C=C(C)/C=c1\c(=CC)cc(-c2cc(NC3=NC(C4CCCC4)ON3)ccc2C)c(=O)n1C. The van der Waals surface area contributed by atoms with Crippen molar-refractivity contribution in [3.8, 4) is 11.1 Å². The Kier molecular flexibility index (Phi) is 6.33. The molecule has 2 aliphatic rings. The molecule has 1 aliphatic carbocycles. The number of benzene rings is 1. The summed E-state index contributed by atoms with van der Waals surface area (Å²) in [6.45, 7) is 9.89. The summed E-state index contributed by atoms with van der Waals surface area (Å²) in [7, 11) is 1.81. The smallest absolute Gasteiger partial charge is 0.258 e. The summed E-state index contributed by atoms with van der Waals surface area (Å²) in [6.07, 6.45) is 8.66. The van der Waals surface area contributed by atoms with Crippen LogP contribution >= 0.6 is 0 Å². The van der Waals surface area contributed by atoms with Gasteiger partial charge in [0, 0.05) is 24.2 Å². The van der Waals surface area contributed by atoms with Crippen molar-refractivity contribution in [3.05, 3.63) is 62.9 Å². The number of hydrogen-bond donors (Lipinski definition) is 2. The van der Waals surface area contributed by atoms with Crippen molar-refractivity contribution in [2.75, 3.05) is 5.32 Å². The van der Waals surface area contributed by atoms with Gasteiger partial charge in [-0.1, -0.05) is 37.1 Å². The fourth-order valence-electron chi connectivity index (χ4n) is 4.54.